The molecule has 0 saturated carbocycles. The van der Waals surface area contributed by atoms with E-state index in [1.165, 1.54) is 11.8 Å². The van der Waals surface area contributed by atoms with Crippen LogP contribution in [0.1, 0.15) is 13.3 Å². The van der Waals surface area contributed by atoms with E-state index in [9.17, 15) is 13.2 Å². The fourth-order valence-electron chi connectivity index (χ4n) is 3.10. The number of thiophene rings is 1. The van der Waals surface area contributed by atoms with Gasteiger partial charge in [0.15, 0.2) is 15.7 Å². The van der Waals surface area contributed by atoms with Crippen LogP contribution in [-0.4, -0.2) is 47.1 Å². The van der Waals surface area contributed by atoms with Gasteiger partial charge in [-0.25, -0.2) is 18.4 Å². The van der Waals surface area contributed by atoms with Gasteiger partial charge in [-0.15, -0.1) is 11.3 Å². The lowest BCUT2D eigenvalue weighted by Gasteiger charge is -2.16. The number of thioether (sulfide) groups is 1. The van der Waals surface area contributed by atoms with E-state index in [0.717, 1.165) is 20.8 Å². The van der Waals surface area contributed by atoms with Crippen LogP contribution in [-0.2, 0) is 14.6 Å². The van der Waals surface area contributed by atoms with Gasteiger partial charge in [0.2, 0.25) is 5.91 Å². The summed E-state index contributed by atoms with van der Waals surface area (Å²) in [5, 5.41) is 6.08. The summed E-state index contributed by atoms with van der Waals surface area (Å²) in [7, 11) is -3.03. The Morgan fingerprint density at radius 2 is 2.07 bits per heavy atom. The van der Waals surface area contributed by atoms with Crippen molar-refractivity contribution in [2.45, 2.75) is 29.7 Å². The van der Waals surface area contributed by atoms with Crippen LogP contribution in [0.4, 0.5) is 0 Å². The number of amides is 1. The van der Waals surface area contributed by atoms with Gasteiger partial charge in [-0.05, 0) is 30.9 Å². The van der Waals surface area contributed by atoms with Gasteiger partial charge in [-0.3, -0.25) is 4.79 Å². The van der Waals surface area contributed by atoms with Crippen LogP contribution in [0, 0.1) is 0 Å². The highest BCUT2D eigenvalue weighted by molar-refractivity contribution is 8.00. The molecule has 0 aliphatic carbocycles. The maximum Gasteiger partial charge on any atom is 0.233 e. The topological polar surface area (TPSA) is 89.0 Å². The minimum atomic E-state index is -3.03. The van der Waals surface area contributed by atoms with Crippen molar-refractivity contribution in [1.82, 2.24) is 15.3 Å². The lowest BCUT2D eigenvalue weighted by Crippen LogP contribution is -2.39. The van der Waals surface area contributed by atoms with Crippen molar-refractivity contribution in [2.75, 3.05) is 11.5 Å². The Balaban J connectivity index is 1.57. The Kier molecular flexibility index (Phi) is 5.39. The second-order valence-corrected chi connectivity index (χ2v) is 11.2. The number of nitrogens with one attached hydrogen (secondary N) is 1. The first kappa shape index (κ1) is 19.4. The van der Waals surface area contributed by atoms with Crippen molar-refractivity contribution >= 4 is 49.7 Å². The minimum absolute atomic E-state index is 0.0229. The van der Waals surface area contributed by atoms with E-state index in [1.54, 1.807) is 11.3 Å². The van der Waals surface area contributed by atoms with Crippen LogP contribution >= 0.6 is 23.1 Å². The normalized spacial score (nSPS) is 19.5. The first-order valence-electron chi connectivity index (χ1n) is 8.89. The summed E-state index contributed by atoms with van der Waals surface area (Å²) in [6.45, 7) is 1.81. The lowest BCUT2D eigenvalue weighted by molar-refractivity contribution is -0.120. The summed E-state index contributed by atoms with van der Waals surface area (Å²) in [4.78, 5) is 22.9. The first-order valence-corrected chi connectivity index (χ1v) is 12.5. The number of sulfone groups is 1. The van der Waals surface area contributed by atoms with Crippen LogP contribution < -0.4 is 5.32 Å². The SMILES string of the molecule is C[C@H](Sc1nc(-c2cccs2)nc2ccccc12)C(=O)N[C@H]1CCS(=O)(=O)C1. The van der Waals surface area contributed by atoms with Crippen LogP contribution in [0.15, 0.2) is 46.8 Å². The third kappa shape index (κ3) is 4.21. The van der Waals surface area contributed by atoms with Crippen LogP contribution in [0.3, 0.4) is 0 Å². The predicted molar refractivity (Wildman–Crippen MR) is 113 cm³/mol. The molecule has 0 unspecified atom stereocenters. The van der Waals surface area contributed by atoms with Gasteiger partial charge >= 0.3 is 0 Å². The summed E-state index contributed by atoms with van der Waals surface area (Å²) in [6.07, 6.45) is 0.477. The molecule has 1 aliphatic rings. The fraction of sp³-hybridized carbons (Fsp3) is 0.316. The second-order valence-electron chi connectivity index (χ2n) is 6.72. The molecule has 1 N–H and O–H groups in total. The van der Waals surface area contributed by atoms with Crippen molar-refractivity contribution < 1.29 is 13.2 Å². The second kappa shape index (κ2) is 7.81. The standard InChI is InChI=1S/C19H19N3O3S3/c1-12(18(23)20-13-8-10-28(24,25)11-13)27-19-14-5-2-3-6-15(14)21-17(22-19)16-7-4-9-26-16/h2-7,9,12-13H,8,10-11H2,1H3,(H,20,23)/t12-,13-/m0/s1. The molecule has 6 nitrogen and oxygen atoms in total. The molecule has 1 aliphatic heterocycles. The fourth-order valence-corrected chi connectivity index (χ4v) is 6.38. The number of benzene rings is 1. The number of aromatic nitrogens is 2. The average Bonchev–Trinajstić information content (AvgIpc) is 3.31. The molecule has 1 fully saturated rings. The molecule has 1 amide bonds. The number of hydrogen-bond donors (Lipinski definition) is 1. The predicted octanol–water partition coefficient (Wildman–Crippen LogP) is 3.14. The Morgan fingerprint density at radius 1 is 1.25 bits per heavy atom. The van der Waals surface area contributed by atoms with Crippen molar-refractivity contribution in [3.8, 4) is 10.7 Å². The van der Waals surface area contributed by atoms with Crippen molar-refractivity contribution in [2.24, 2.45) is 0 Å². The summed E-state index contributed by atoms with van der Waals surface area (Å²) < 4.78 is 23.2. The third-order valence-electron chi connectivity index (χ3n) is 4.55. The number of carbonyl (C=O) groups is 1. The quantitative estimate of drug-likeness (QED) is 0.491. The van der Waals surface area contributed by atoms with Crippen LogP contribution in [0.25, 0.3) is 21.6 Å². The molecule has 2 atom stereocenters. The smallest absolute Gasteiger partial charge is 0.233 e. The molecule has 3 heterocycles. The number of hydrogen-bond acceptors (Lipinski definition) is 7. The van der Waals surface area contributed by atoms with Gasteiger partial charge in [-0.1, -0.05) is 36.0 Å². The van der Waals surface area contributed by atoms with Gasteiger partial charge in [0.05, 0.1) is 27.1 Å². The van der Waals surface area contributed by atoms with E-state index in [2.05, 4.69) is 10.3 Å². The highest BCUT2D eigenvalue weighted by Gasteiger charge is 2.30. The van der Waals surface area contributed by atoms with Crippen LogP contribution in [0.5, 0.6) is 0 Å². The molecular formula is C19H19N3O3S3. The molecule has 1 saturated heterocycles. The molecule has 4 rings (SSSR count). The summed E-state index contributed by atoms with van der Waals surface area (Å²) in [5.41, 5.74) is 0.831. The molecule has 28 heavy (non-hydrogen) atoms. The maximum absolute atomic E-state index is 12.6. The maximum atomic E-state index is 12.6. The molecule has 0 spiro atoms. The van der Waals surface area contributed by atoms with E-state index >= 15 is 0 Å². The van der Waals surface area contributed by atoms with Crippen LogP contribution in [0.2, 0.25) is 0 Å². The van der Waals surface area contributed by atoms with E-state index in [1.807, 2.05) is 48.7 Å². The van der Waals surface area contributed by atoms with Crippen molar-refractivity contribution in [1.29, 1.82) is 0 Å². The highest BCUT2D eigenvalue weighted by Crippen LogP contribution is 2.32. The average molecular weight is 434 g/mol. The Morgan fingerprint density at radius 3 is 2.79 bits per heavy atom. The first-order chi connectivity index (χ1) is 13.4. The molecule has 146 valence electrons. The van der Waals surface area contributed by atoms with E-state index < -0.39 is 15.1 Å². The van der Waals surface area contributed by atoms with Gasteiger partial charge in [0.1, 0.15) is 5.03 Å². The molecule has 0 radical (unpaired) electrons. The summed E-state index contributed by atoms with van der Waals surface area (Å²) in [5.74, 6) is 0.633. The number of fused-ring (bicyclic) bond motifs is 1. The summed E-state index contributed by atoms with van der Waals surface area (Å²) in [6, 6.07) is 11.4. The Bertz CT molecular complexity index is 1110. The molecular weight excluding hydrogens is 414 g/mol. The van der Waals surface area contributed by atoms with E-state index in [-0.39, 0.29) is 23.5 Å². The highest BCUT2D eigenvalue weighted by atomic mass is 32.2. The third-order valence-corrected chi connectivity index (χ3v) is 8.28. The monoisotopic (exact) mass is 433 g/mol. The molecule has 2 aromatic heterocycles. The molecule has 0 bridgehead atoms. The van der Waals surface area contributed by atoms with Gasteiger partial charge in [0.25, 0.3) is 0 Å². The zero-order chi connectivity index (χ0) is 19.7. The van der Waals surface area contributed by atoms with Gasteiger partial charge in [0, 0.05) is 11.4 Å². The van der Waals surface area contributed by atoms with E-state index in [4.69, 9.17) is 4.98 Å². The van der Waals surface area contributed by atoms with E-state index in [0.29, 0.717) is 12.2 Å². The number of carbonyl (C=O) groups excluding carboxylic acids is 1. The van der Waals surface area contributed by atoms with Gasteiger partial charge < -0.3 is 5.32 Å². The largest absolute Gasteiger partial charge is 0.351 e. The molecule has 1 aromatic carbocycles. The zero-order valence-electron chi connectivity index (χ0n) is 15.2. The zero-order valence-corrected chi connectivity index (χ0v) is 17.6. The minimum Gasteiger partial charge on any atom is -0.351 e. The molecule has 3 aromatic rings. The molecule has 9 heteroatoms. The number of para-hydroxylation sites is 1. The van der Waals surface area contributed by atoms with Gasteiger partial charge in [-0.2, -0.15) is 0 Å². The van der Waals surface area contributed by atoms with Crippen molar-refractivity contribution in [3.63, 3.8) is 0 Å². The number of rotatable bonds is 5. The Labute approximate surface area is 171 Å². The van der Waals surface area contributed by atoms with Crippen molar-refractivity contribution in [3.05, 3.63) is 41.8 Å². The lowest BCUT2D eigenvalue weighted by atomic mass is 10.2. The summed E-state index contributed by atoms with van der Waals surface area (Å²) >= 11 is 2.94. The number of nitrogens with zero attached hydrogens (tertiary/aromatic N) is 2. The Hall–Kier alpha value is -1.97.